The molecule has 2 amide bonds. The molecule has 4 atom stereocenters. The van der Waals surface area contributed by atoms with Crippen molar-refractivity contribution in [2.75, 3.05) is 13.2 Å². The molecule has 2 fully saturated rings. The van der Waals surface area contributed by atoms with Crippen molar-refractivity contribution < 1.29 is 19.4 Å². The lowest BCUT2D eigenvalue weighted by Gasteiger charge is -2.15. The van der Waals surface area contributed by atoms with E-state index in [-0.39, 0.29) is 49.0 Å². The Hall–Kier alpha value is -1.20. The van der Waals surface area contributed by atoms with Gasteiger partial charge in [0.15, 0.2) is 0 Å². The van der Waals surface area contributed by atoms with Crippen LogP contribution >= 0.6 is 0 Å². The van der Waals surface area contributed by atoms with Gasteiger partial charge >= 0.3 is 0 Å². The van der Waals surface area contributed by atoms with E-state index < -0.39 is 0 Å². The Morgan fingerprint density at radius 3 is 2.20 bits per heavy atom. The van der Waals surface area contributed by atoms with Crippen molar-refractivity contribution in [1.82, 2.24) is 4.90 Å². The summed E-state index contributed by atoms with van der Waals surface area (Å²) >= 11 is 0. The van der Waals surface area contributed by atoms with Crippen LogP contribution in [-0.4, -0.2) is 47.2 Å². The molecule has 5 nitrogen and oxygen atoms in total. The van der Waals surface area contributed by atoms with Crippen LogP contribution < -0.4 is 0 Å². The van der Waals surface area contributed by atoms with Crippen LogP contribution in [0.1, 0.15) is 0 Å². The van der Waals surface area contributed by atoms with Crippen LogP contribution in [0.3, 0.4) is 0 Å². The predicted octanol–water partition coefficient (Wildman–Crippen LogP) is -1.08. The van der Waals surface area contributed by atoms with E-state index in [9.17, 15) is 9.59 Å². The molecule has 3 rings (SSSR count). The normalized spacial score (nSPS) is 41.8. The number of β-amino-alcohol motifs (C(OH)–C–C–N with tert-alkyl or cyclic N) is 1. The number of likely N-dealkylation sites (tertiary alicyclic amines) is 1. The van der Waals surface area contributed by atoms with Gasteiger partial charge in [-0.3, -0.25) is 14.5 Å². The molecule has 3 aliphatic rings. The molecule has 0 spiro atoms. The zero-order valence-electron chi connectivity index (χ0n) is 8.00. The summed E-state index contributed by atoms with van der Waals surface area (Å²) in [7, 11) is 0. The molecular formula is C10H11NO4. The van der Waals surface area contributed by atoms with E-state index in [2.05, 4.69) is 0 Å². The number of aliphatic hydroxyl groups is 1. The van der Waals surface area contributed by atoms with E-state index in [4.69, 9.17) is 9.84 Å². The van der Waals surface area contributed by atoms with Gasteiger partial charge in [-0.15, -0.1) is 0 Å². The molecule has 3 aliphatic heterocycles. The predicted molar refractivity (Wildman–Crippen MR) is 48.6 cm³/mol. The van der Waals surface area contributed by atoms with Gasteiger partial charge in [-0.25, -0.2) is 0 Å². The average Bonchev–Trinajstić information content (AvgIpc) is 2.87. The van der Waals surface area contributed by atoms with Crippen LogP contribution in [0.4, 0.5) is 0 Å². The molecular weight excluding hydrogens is 198 g/mol. The second-order valence-corrected chi connectivity index (χ2v) is 4.05. The summed E-state index contributed by atoms with van der Waals surface area (Å²) in [6.45, 7) is -0.0787. The molecule has 15 heavy (non-hydrogen) atoms. The van der Waals surface area contributed by atoms with Crippen LogP contribution in [0.5, 0.6) is 0 Å². The molecule has 0 saturated carbocycles. The van der Waals surface area contributed by atoms with E-state index in [0.717, 1.165) is 4.90 Å². The topological polar surface area (TPSA) is 66.8 Å². The number of hydrogen-bond acceptors (Lipinski definition) is 4. The Labute approximate surface area is 86.3 Å². The van der Waals surface area contributed by atoms with Gasteiger partial charge in [0.2, 0.25) is 11.8 Å². The first-order valence-electron chi connectivity index (χ1n) is 5.04. The Balaban J connectivity index is 1.93. The SMILES string of the molecule is O=C1[C@@H]2[C@H](C(=O)N1CCO)[C@@H]1C=C[C@H]2O1. The van der Waals surface area contributed by atoms with Crippen LogP contribution in [0, 0.1) is 11.8 Å². The number of nitrogens with zero attached hydrogens (tertiary/aromatic N) is 1. The van der Waals surface area contributed by atoms with Crippen molar-refractivity contribution in [1.29, 1.82) is 0 Å². The maximum absolute atomic E-state index is 11.9. The Morgan fingerprint density at radius 2 is 1.73 bits per heavy atom. The number of hydrogen-bond donors (Lipinski definition) is 1. The second kappa shape index (κ2) is 2.90. The zero-order chi connectivity index (χ0) is 10.6. The van der Waals surface area contributed by atoms with Crippen molar-refractivity contribution in [3.63, 3.8) is 0 Å². The quantitative estimate of drug-likeness (QED) is 0.464. The van der Waals surface area contributed by atoms with Crippen LogP contribution in [0.2, 0.25) is 0 Å². The first-order valence-corrected chi connectivity index (χ1v) is 5.04. The lowest BCUT2D eigenvalue weighted by atomic mass is 9.85. The van der Waals surface area contributed by atoms with Gasteiger partial charge < -0.3 is 9.84 Å². The molecule has 2 saturated heterocycles. The van der Waals surface area contributed by atoms with Crippen LogP contribution in [0.15, 0.2) is 12.2 Å². The lowest BCUT2D eigenvalue weighted by Crippen LogP contribution is -2.36. The van der Waals surface area contributed by atoms with Gasteiger partial charge in [0, 0.05) is 0 Å². The largest absolute Gasteiger partial charge is 0.395 e. The third-order valence-corrected chi connectivity index (χ3v) is 3.33. The van der Waals surface area contributed by atoms with Gasteiger partial charge in [0.25, 0.3) is 0 Å². The Kier molecular flexibility index (Phi) is 1.75. The number of carbonyl (C=O) groups is 2. The van der Waals surface area contributed by atoms with E-state index in [0.29, 0.717) is 0 Å². The number of imide groups is 1. The first-order chi connectivity index (χ1) is 7.24. The van der Waals surface area contributed by atoms with Crippen molar-refractivity contribution >= 4 is 11.8 Å². The maximum atomic E-state index is 11.9. The summed E-state index contributed by atoms with van der Waals surface area (Å²) in [5.41, 5.74) is 0. The Morgan fingerprint density at radius 1 is 1.20 bits per heavy atom. The lowest BCUT2D eigenvalue weighted by molar-refractivity contribution is -0.142. The maximum Gasteiger partial charge on any atom is 0.236 e. The fourth-order valence-corrected chi connectivity index (χ4v) is 2.69. The highest BCUT2D eigenvalue weighted by molar-refractivity contribution is 6.06. The van der Waals surface area contributed by atoms with Gasteiger partial charge in [0.05, 0.1) is 37.2 Å². The molecule has 0 aromatic carbocycles. The smallest absolute Gasteiger partial charge is 0.236 e. The molecule has 1 N–H and O–H groups in total. The second-order valence-electron chi connectivity index (χ2n) is 4.05. The monoisotopic (exact) mass is 209 g/mol. The fourth-order valence-electron chi connectivity index (χ4n) is 2.69. The zero-order valence-corrected chi connectivity index (χ0v) is 8.00. The van der Waals surface area contributed by atoms with Gasteiger partial charge in [-0.1, -0.05) is 12.2 Å². The van der Waals surface area contributed by atoms with E-state index in [1.54, 1.807) is 0 Å². The number of carbonyl (C=O) groups excluding carboxylic acids is 2. The minimum atomic E-state index is -0.348. The van der Waals surface area contributed by atoms with Gasteiger partial charge in [0.1, 0.15) is 0 Å². The van der Waals surface area contributed by atoms with Crippen LogP contribution in [-0.2, 0) is 14.3 Å². The number of rotatable bonds is 2. The number of aliphatic hydroxyl groups excluding tert-OH is 1. The summed E-state index contributed by atoms with van der Waals surface area (Å²) in [6.07, 6.45) is 3.22. The number of fused-ring (bicyclic) bond motifs is 5. The fraction of sp³-hybridized carbons (Fsp3) is 0.600. The first kappa shape index (κ1) is 9.06. The van der Waals surface area contributed by atoms with Crippen molar-refractivity contribution in [3.05, 3.63) is 12.2 Å². The van der Waals surface area contributed by atoms with Crippen molar-refractivity contribution in [2.45, 2.75) is 12.2 Å². The molecule has 0 unspecified atom stereocenters. The Bertz CT molecular complexity index is 334. The highest BCUT2D eigenvalue weighted by atomic mass is 16.5. The minimum absolute atomic E-state index is 0.101. The van der Waals surface area contributed by atoms with E-state index in [1.165, 1.54) is 0 Å². The highest BCUT2D eigenvalue weighted by Crippen LogP contribution is 2.44. The molecule has 2 bridgehead atoms. The molecule has 3 heterocycles. The average molecular weight is 209 g/mol. The molecule has 0 radical (unpaired) electrons. The molecule has 80 valence electrons. The molecule has 5 heteroatoms. The highest BCUT2D eigenvalue weighted by Gasteiger charge is 2.60. The molecule has 0 aliphatic carbocycles. The van der Waals surface area contributed by atoms with Gasteiger partial charge in [-0.2, -0.15) is 0 Å². The van der Waals surface area contributed by atoms with Crippen LogP contribution in [0.25, 0.3) is 0 Å². The van der Waals surface area contributed by atoms with Crippen molar-refractivity contribution in [2.24, 2.45) is 11.8 Å². The summed E-state index contributed by atoms with van der Waals surface area (Å²) in [5.74, 6) is -1.09. The van der Waals surface area contributed by atoms with E-state index in [1.807, 2.05) is 12.2 Å². The molecule has 0 aromatic rings. The summed E-state index contributed by atoms with van der Waals surface area (Å²) in [5, 5.41) is 8.78. The molecule has 0 aromatic heterocycles. The third-order valence-electron chi connectivity index (χ3n) is 3.33. The number of ether oxygens (including phenoxy) is 1. The minimum Gasteiger partial charge on any atom is -0.395 e. The third kappa shape index (κ3) is 0.992. The van der Waals surface area contributed by atoms with Gasteiger partial charge in [-0.05, 0) is 0 Å². The summed E-state index contributed by atoms with van der Waals surface area (Å²) in [6, 6.07) is 0. The standard InChI is InChI=1S/C10H11NO4/c12-4-3-11-9(13)7-5-1-2-6(15-5)8(7)10(11)14/h1-2,5-8,12H,3-4H2/t5-,6+,7+,8-. The van der Waals surface area contributed by atoms with Crippen molar-refractivity contribution in [3.8, 4) is 0 Å². The summed E-state index contributed by atoms with van der Waals surface area (Å²) in [4.78, 5) is 24.9. The summed E-state index contributed by atoms with van der Waals surface area (Å²) < 4.78 is 5.46. The number of amides is 2. The van der Waals surface area contributed by atoms with E-state index >= 15 is 0 Å².